The quantitative estimate of drug-likeness (QED) is 0.556. The number of nitrogens with one attached hydrogen (secondary N) is 1. The zero-order chi connectivity index (χ0) is 20.3. The first kappa shape index (κ1) is 18.2. The van der Waals surface area contributed by atoms with Gasteiger partial charge in [-0.1, -0.05) is 23.7 Å². The van der Waals surface area contributed by atoms with Crippen molar-refractivity contribution in [2.75, 3.05) is 5.32 Å². The van der Waals surface area contributed by atoms with Crippen LogP contribution in [0.3, 0.4) is 0 Å². The van der Waals surface area contributed by atoms with Crippen LogP contribution in [-0.4, -0.2) is 30.8 Å². The van der Waals surface area contributed by atoms with Crippen molar-refractivity contribution in [1.29, 1.82) is 0 Å². The van der Waals surface area contributed by atoms with Crippen LogP contribution < -0.4 is 5.32 Å². The molecule has 1 aliphatic heterocycles. The third-order valence-electron chi connectivity index (χ3n) is 5.20. The van der Waals surface area contributed by atoms with E-state index in [9.17, 15) is 4.79 Å². The van der Waals surface area contributed by atoms with Gasteiger partial charge >= 0.3 is 0 Å². The van der Waals surface area contributed by atoms with E-state index in [2.05, 4.69) is 30.2 Å². The average molecular weight is 400 g/mol. The predicted molar refractivity (Wildman–Crippen MR) is 111 cm³/mol. The topological polar surface area (TPSA) is 98.7 Å². The lowest BCUT2D eigenvalue weighted by Gasteiger charge is -2.09. The van der Waals surface area contributed by atoms with Crippen molar-refractivity contribution in [1.82, 2.24) is 24.9 Å². The predicted octanol–water partition coefficient (Wildman–Crippen LogP) is 3.97. The Kier molecular flexibility index (Phi) is 4.80. The molecule has 0 bridgehead atoms. The normalized spacial score (nSPS) is 13.5. The molecule has 30 heavy (non-hydrogen) atoms. The maximum absolute atomic E-state index is 12.7. The van der Waals surface area contributed by atoms with E-state index < -0.39 is 0 Å². The summed E-state index contributed by atoms with van der Waals surface area (Å²) in [5.74, 6) is 2.05. The fourth-order valence-corrected chi connectivity index (χ4v) is 3.66. The lowest BCUT2D eigenvalue weighted by atomic mass is 10.1. The molecule has 0 aliphatic carbocycles. The standard InChI is InChI=1S/C22H20N6O2/c29-22(18-14-19(30-27-18)15-8-10-23-11-9-15)24-17-6-4-5-16(13-17)21-26-25-20-7-2-1-3-12-28(20)21/h4-6,8-11,13-14H,1-3,7,12H2,(H,24,29). The summed E-state index contributed by atoms with van der Waals surface area (Å²) in [4.78, 5) is 16.6. The second kappa shape index (κ2) is 7.90. The molecule has 3 aromatic heterocycles. The first-order valence-electron chi connectivity index (χ1n) is 9.99. The SMILES string of the molecule is O=C(Nc1cccc(-c2nnc3n2CCCCC3)c1)c1cc(-c2ccncc2)on1. The Labute approximate surface area is 173 Å². The highest BCUT2D eigenvalue weighted by Crippen LogP contribution is 2.25. The summed E-state index contributed by atoms with van der Waals surface area (Å²) >= 11 is 0. The number of hydrogen-bond acceptors (Lipinski definition) is 6. The molecule has 0 fully saturated rings. The Morgan fingerprint density at radius 2 is 1.90 bits per heavy atom. The van der Waals surface area contributed by atoms with Crippen molar-refractivity contribution in [3.8, 4) is 22.7 Å². The minimum absolute atomic E-state index is 0.212. The lowest BCUT2D eigenvalue weighted by molar-refractivity contribution is 0.101. The molecule has 1 aliphatic rings. The van der Waals surface area contributed by atoms with Crippen LogP contribution in [0.25, 0.3) is 22.7 Å². The zero-order valence-electron chi connectivity index (χ0n) is 16.3. The second-order valence-electron chi connectivity index (χ2n) is 7.25. The third kappa shape index (κ3) is 3.59. The van der Waals surface area contributed by atoms with Crippen LogP contribution >= 0.6 is 0 Å². The van der Waals surface area contributed by atoms with Crippen LogP contribution in [0.1, 0.15) is 35.6 Å². The minimum Gasteiger partial charge on any atom is -0.355 e. The summed E-state index contributed by atoms with van der Waals surface area (Å²) in [6, 6.07) is 12.8. The largest absolute Gasteiger partial charge is 0.355 e. The van der Waals surface area contributed by atoms with Crippen molar-refractivity contribution >= 4 is 11.6 Å². The van der Waals surface area contributed by atoms with Crippen LogP contribution in [0.4, 0.5) is 5.69 Å². The summed E-state index contributed by atoms with van der Waals surface area (Å²) in [6.45, 7) is 0.922. The van der Waals surface area contributed by atoms with Gasteiger partial charge in [0, 0.05) is 48.2 Å². The number of fused-ring (bicyclic) bond motifs is 1. The third-order valence-corrected chi connectivity index (χ3v) is 5.20. The fourth-order valence-electron chi connectivity index (χ4n) is 3.66. The summed E-state index contributed by atoms with van der Waals surface area (Å²) in [7, 11) is 0. The van der Waals surface area contributed by atoms with Gasteiger partial charge in [-0.05, 0) is 37.1 Å². The van der Waals surface area contributed by atoms with Crippen molar-refractivity contribution in [2.24, 2.45) is 0 Å². The molecule has 0 atom stereocenters. The number of carbonyl (C=O) groups is 1. The van der Waals surface area contributed by atoms with E-state index >= 15 is 0 Å². The summed E-state index contributed by atoms with van der Waals surface area (Å²) < 4.78 is 7.49. The number of anilines is 1. The number of pyridine rings is 1. The molecule has 150 valence electrons. The zero-order valence-corrected chi connectivity index (χ0v) is 16.3. The molecule has 0 saturated carbocycles. The molecule has 0 saturated heterocycles. The lowest BCUT2D eigenvalue weighted by Crippen LogP contribution is -2.12. The molecule has 1 aromatic carbocycles. The van der Waals surface area contributed by atoms with Crippen LogP contribution in [0, 0.1) is 0 Å². The first-order chi connectivity index (χ1) is 14.8. The van der Waals surface area contributed by atoms with E-state index in [4.69, 9.17) is 4.52 Å². The number of hydrogen-bond donors (Lipinski definition) is 1. The molecule has 0 spiro atoms. The van der Waals surface area contributed by atoms with Gasteiger partial charge in [-0.25, -0.2) is 0 Å². The molecule has 5 rings (SSSR count). The highest BCUT2D eigenvalue weighted by molar-refractivity contribution is 6.03. The first-order valence-corrected chi connectivity index (χ1v) is 9.99. The number of rotatable bonds is 4. The second-order valence-corrected chi connectivity index (χ2v) is 7.25. The summed E-state index contributed by atoms with van der Waals surface area (Å²) in [5, 5.41) is 15.5. The smallest absolute Gasteiger partial charge is 0.277 e. The Hall–Kier alpha value is -3.81. The fraction of sp³-hybridized carbons (Fsp3) is 0.227. The molecule has 1 amide bonds. The van der Waals surface area contributed by atoms with Crippen molar-refractivity contribution < 1.29 is 9.32 Å². The molecular weight excluding hydrogens is 380 g/mol. The van der Waals surface area contributed by atoms with Crippen molar-refractivity contribution in [2.45, 2.75) is 32.2 Å². The number of carbonyl (C=O) groups excluding carboxylic acids is 1. The minimum atomic E-state index is -0.337. The average Bonchev–Trinajstić information content (AvgIpc) is 3.37. The van der Waals surface area contributed by atoms with Crippen molar-refractivity contribution in [3.63, 3.8) is 0 Å². The van der Waals surface area contributed by atoms with Gasteiger partial charge in [0.15, 0.2) is 17.3 Å². The van der Waals surface area contributed by atoms with Crippen LogP contribution in [0.5, 0.6) is 0 Å². The van der Waals surface area contributed by atoms with Gasteiger partial charge in [0.2, 0.25) is 0 Å². The molecule has 8 nitrogen and oxygen atoms in total. The van der Waals surface area contributed by atoms with Crippen LogP contribution in [-0.2, 0) is 13.0 Å². The van der Waals surface area contributed by atoms with E-state index in [1.807, 2.05) is 24.3 Å². The highest BCUT2D eigenvalue weighted by atomic mass is 16.5. The Morgan fingerprint density at radius 1 is 1.00 bits per heavy atom. The Morgan fingerprint density at radius 3 is 2.80 bits per heavy atom. The van der Waals surface area contributed by atoms with Crippen molar-refractivity contribution in [3.05, 3.63) is 66.4 Å². The van der Waals surface area contributed by atoms with Gasteiger partial charge < -0.3 is 14.4 Å². The number of aryl methyl sites for hydroxylation is 1. The van der Waals surface area contributed by atoms with Gasteiger partial charge in [0.1, 0.15) is 5.82 Å². The van der Waals surface area contributed by atoms with E-state index in [1.54, 1.807) is 30.6 Å². The maximum atomic E-state index is 12.7. The Balaban J connectivity index is 1.36. The van der Waals surface area contributed by atoms with E-state index in [0.717, 1.165) is 48.6 Å². The highest BCUT2D eigenvalue weighted by Gasteiger charge is 2.17. The van der Waals surface area contributed by atoms with E-state index in [-0.39, 0.29) is 11.6 Å². The molecule has 0 radical (unpaired) electrons. The molecule has 8 heteroatoms. The van der Waals surface area contributed by atoms with E-state index in [1.165, 1.54) is 6.42 Å². The van der Waals surface area contributed by atoms with Gasteiger partial charge in [-0.15, -0.1) is 10.2 Å². The number of nitrogens with zero attached hydrogens (tertiary/aromatic N) is 5. The molecule has 1 N–H and O–H groups in total. The summed E-state index contributed by atoms with van der Waals surface area (Å²) in [5.41, 5.74) is 2.61. The number of aromatic nitrogens is 5. The molecule has 4 heterocycles. The molecule has 4 aromatic rings. The van der Waals surface area contributed by atoms with Gasteiger partial charge in [0.25, 0.3) is 5.91 Å². The molecular formula is C22H20N6O2. The summed E-state index contributed by atoms with van der Waals surface area (Å²) in [6.07, 6.45) is 7.75. The molecule has 0 unspecified atom stereocenters. The monoisotopic (exact) mass is 400 g/mol. The van der Waals surface area contributed by atoms with E-state index in [0.29, 0.717) is 11.4 Å². The Bertz CT molecular complexity index is 1180. The number of benzene rings is 1. The van der Waals surface area contributed by atoms with Gasteiger partial charge in [-0.2, -0.15) is 0 Å². The van der Waals surface area contributed by atoms with Crippen LogP contribution in [0.2, 0.25) is 0 Å². The maximum Gasteiger partial charge on any atom is 0.277 e. The van der Waals surface area contributed by atoms with Gasteiger partial charge in [-0.3, -0.25) is 9.78 Å². The van der Waals surface area contributed by atoms with Crippen LogP contribution in [0.15, 0.2) is 59.4 Å². The van der Waals surface area contributed by atoms with Gasteiger partial charge in [0.05, 0.1) is 0 Å². The number of amides is 1.